The summed E-state index contributed by atoms with van der Waals surface area (Å²) in [6.07, 6.45) is 0. The zero-order valence-electron chi connectivity index (χ0n) is 8.76. The van der Waals surface area contributed by atoms with Gasteiger partial charge in [0.2, 0.25) is 0 Å². The van der Waals surface area contributed by atoms with Crippen LogP contribution in [0, 0.1) is 18.6 Å². The van der Waals surface area contributed by atoms with Crippen LogP contribution >= 0.6 is 15.9 Å². The van der Waals surface area contributed by atoms with Gasteiger partial charge in [0, 0.05) is 12.6 Å². The lowest BCUT2D eigenvalue weighted by Crippen LogP contribution is -1.91. The molecule has 1 aromatic carbocycles. The second-order valence-corrected chi connectivity index (χ2v) is 4.22. The van der Waals surface area contributed by atoms with Gasteiger partial charge in [-0.05, 0) is 35.0 Å². The molecule has 0 atom stereocenters. The molecule has 0 aliphatic heterocycles. The molecule has 2 aromatic rings. The minimum atomic E-state index is -0.586. The minimum Gasteiger partial charge on any atom is -0.261 e. The Bertz CT molecular complexity index is 529. The molecule has 0 bridgehead atoms. The summed E-state index contributed by atoms with van der Waals surface area (Å²) in [6.45, 7) is 1.71. The third-order valence-electron chi connectivity index (χ3n) is 2.36. The van der Waals surface area contributed by atoms with E-state index in [1.54, 1.807) is 14.0 Å². The summed E-state index contributed by atoms with van der Waals surface area (Å²) in [5.41, 5.74) is 0.997. The number of hydrogen-bond donors (Lipinski definition) is 0. The molecule has 0 aliphatic carbocycles. The third-order valence-corrected chi connectivity index (χ3v) is 3.27. The fraction of sp³-hybridized carbons (Fsp3) is 0.182. The molecule has 0 fully saturated rings. The molecule has 0 unspecified atom stereocenters. The molecule has 0 amide bonds. The summed E-state index contributed by atoms with van der Waals surface area (Å²) in [5, 5.41) is 4.11. The van der Waals surface area contributed by atoms with Crippen molar-refractivity contribution in [3.8, 4) is 11.1 Å². The van der Waals surface area contributed by atoms with Gasteiger partial charge >= 0.3 is 0 Å². The van der Waals surface area contributed by atoms with Crippen molar-refractivity contribution in [1.29, 1.82) is 0 Å². The zero-order chi connectivity index (χ0) is 11.9. The number of halogens is 3. The number of aryl methyl sites for hydroxylation is 2. The molecule has 1 aromatic heterocycles. The molecule has 0 saturated heterocycles. The van der Waals surface area contributed by atoms with Gasteiger partial charge in [-0.3, -0.25) is 4.68 Å². The number of nitrogens with zero attached hydrogens (tertiary/aromatic N) is 2. The normalized spacial score (nSPS) is 10.8. The van der Waals surface area contributed by atoms with Crippen molar-refractivity contribution in [2.24, 2.45) is 7.05 Å². The number of rotatable bonds is 1. The van der Waals surface area contributed by atoms with E-state index in [2.05, 4.69) is 21.0 Å². The maximum absolute atomic E-state index is 13.6. The highest BCUT2D eigenvalue weighted by molar-refractivity contribution is 9.10. The maximum atomic E-state index is 13.6. The summed E-state index contributed by atoms with van der Waals surface area (Å²) >= 11 is 3.27. The highest BCUT2D eigenvalue weighted by Gasteiger charge is 2.19. The fourth-order valence-corrected chi connectivity index (χ4v) is 2.22. The van der Waals surface area contributed by atoms with E-state index in [0.717, 1.165) is 0 Å². The lowest BCUT2D eigenvalue weighted by Gasteiger charge is -2.04. The second kappa shape index (κ2) is 3.97. The van der Waals surface area contributed by atoms with Crippen LogP contribution in [0.4, 0.5) is 8.78 Å². The molecule has 84 valence electrons. The van der Waals surface area contributed by atoms with Crippen LogP contribution < -0.4 is 0 Å². The molecule has 1 heterocycles. The first-order valence-electron chi connectivity index (χ1n) is 4.66. The first-order chi connectivity index (χ1) is 7.52. The van der Waals surface area contributed by atoms with Crippen LogP contribution in [0.1, 0.15) is 5.69 Å². The largest absolute Gasteiger partial charge is 0.261 e. The molecule has 16 heavy (non-hydrogen) atoms. The van der Waals surface area contributed by atoms with Crippen molar-refractivity contribution in [3.05, 3.63) is 40.1 Å². The Labute approximate surface area is 100 Å². The first kappa shape index (κ1) is 11.3. The van der Waals surface area contributed by atoms with Crippen LogP contribution in [0.3, 0.4) is 0 Å². The van der Waals surface area contributed by atoms with Crippen molar-refractivity contribution in [3.63, 3.8) is 0 Å². The van der Waals surface area contributed by atoms with Crippen LogP contribution in [0.5, 0.6) is 0 Å². The molecule has 0 N–H and O–H groups in total. The number of aromatic nitrogens is 2. The van der Waals surface area contributed by atoms with Crippen molar-refractivity contribution in [1.82, 2.24) is 9.78 Å². The predicted octanol–water partition coefficient (Wildman–Crippen LogP) is 3.44. The van der Waals surface area contributed by atoms with Crippen LogP contribution in [0.25, 0.3) is 11.1 Å². The molecule has 0 radical (unpaired) electrons. The van der Waals surface area contributed by atoms with Crippen molar-refractivity contribution in [2.75, 3.05) is 0 Å². The standard InChI is InChI=1S/C11H9BrF2N2/c1-6-9(11(12)16(2)15-6)10-7(13)4-3-5-8(10)14/h3-5H,1-2H3. The van der Waals surface area contributed by atoms with Gasteiger partial charge in [0.1, 0.15) is 16.2 Å². The van der Waals surface area contributed by atoms with Gasteiger partial charge in [-0.15, -0.1) is 0 Å². The number of hydrogen-bond acceptors (Lipinski definition) is 1. The van der Waals surface area contributed by atoms with Crippen LogP contribution in [0.2, 0.25) is 0 Å². The maximum Gasteiger partial charge on any atom is 0.134 e. The van der Waals surface area contributed by atoms with E-state index in [0.29, 0.717) is 15.9 Å². The van der Waals surface area contributed by atoms with E-state index in [1.807, 2.05) is 0 Å². The summed E-state index contributed by atoms with van der Waals surface area (Å²) in [4.78, 5) is 0. The third kappa shape index (κ3) is 1.65. The highest BCUT2D eigenvalue weighted by Crippen LogP contribution is 2.34. The van der Waals surface area contributed by atoms with Gasteiger partial charge in [0.05, 0.1) is 11.3 Å². The van der Waals surface area contributed by atoms with Gasteiger partial charge in [0.25, 0.3) is 0 Å². The molecule has 2 rings (SSSR count). The van der Waals surface area contributed by atoms with E-state index >= 15 is 0 Å². The van der Waals surface area contributed by atoms with E-state index in [9.17, 15) is 8.78 Å². The van der Waals surface area contributed by atoms with E-state index in [4.69, 9.17) is 0 Å². The van der Waals surface area contributed by atoms with Gasteiger partial charge in [-0.25, -0.2) is 8.78 Å². The Morgan fingerprint density at radius 3 is 2.19 bits per heavy atom. The Kier molecular flexibility index (Phi) is 2.80. The van der Waals surface area contributed by atoms with Crippen molar-refractivity contribution >= 4 is 15.9 Å². The van der Waals surface area contributed by atoms with Gasteiger partial charge in [-0.2, -0.15) is 5.10 Å². The zero-order valence-corrected chi connectivity index (χ0v) is 10.3. The molecule has 2 nitrogen and oxygen atoms in total. The Morgan fingerprint density at radius 1 is 1.19 bits per heavy atom. The molecular formula is C11H9BrF2N2. The highest BCUT2D eigenvalue weighted by atomic mass is 79.9. The van der Waals surface area contributed by atoms with Crippen molar-refractivity contribution in [2.45, 2.75) is 6.92 Å². The van der Waals surface area contributed by atoms with E-state index < -0.39 is 11.6 Å². The average Bonchev–Trinajstić information content (AvgIpc) is 2.44. The van der Waals surface area contributed by atoms with Crippen LogP contribution in [-0.2, 0) is 7.05 Å². The topological polar surface area (TPSA) is 17.8 Å². The quantitative estimate of drug-likeness (QED) is 0.785. The monoisotopic (exact) mass is 286 g/mol. The van der Waals surface area contributed by atoms with E-state index in [1.165, 1.54) is 22.9 Å². The lowest BCUT2D eigenvalue weighted by molar-refractivity contribution is 0.589. The molecule has 0 aliphatic rings. The smallest absolute Gasteiger partial charge is 0.134 e. The Balaban J connectivity index is 2.77. The first-order valence-corrected chi connectivity index (χ1v) is 5.45. The molecular weight excluding hydrogens is 278 g/mol. The van der Waals surface area contributed by atoms with Gasteiger partial charge < -0.3 is 0 Å². The fourth-order valence-electron chi connectivity index (χ4n) is 1.65. The average molecular weight is 287 g/mol. The van der Waals surface area contributed by atoms with E-state index in [-0.39, 0.29) is 5.56 Å². The Hall–Kier alpha value is -1.23. The summed E-state index contributed by atoms with van der Waals surface area (Å²) < 4.78 is 29.3. The SMILES string of the molecule is Cc1nn(C)c(Br)c1-c1c(F)cccc1F. The van der Waals surface area contributed by atoms with Gasteiger partial charge in [0.15, 0.2) is 0 Å². The number of benzene rings is 1. The summed E-state index contributed by atoms with van der Waals surface area (Å²) in [5.74, 6) is -1.17. The Morgan fingerprint density at radius 2 is 1.75 bits per heavy atom. The van der Waals surface area contributed by atoms with Crippen LogP contribution in [0.15, 0.2) is 22.8 Å². The second-order valence-electron chi connectivity index (χ2n) is 3.47. The molecule has 5 heteroatoms. The van der Waals surface area contributed by atoms with Crippen LogP contribution in [-0.4, -0.2) is 9.78 Å². The lowest BCUT2D eigenvalue weighted by atomic mass is 10.1. The minimum absolute atomic E-state index is 0.0417. The summed E-state index contributed by atoms with van der Waals surface area (Å²) in [6, 6.07) is 3.81. The predicted molar refractivity (Wildman–Crippen MR) is 61.0 cm³/mol. The molecule has 0 spiro atoms. The van der Waals surface area contributed by atoms with Crippen molar-refractivity contribution < 1.29 is 8.78 Å². The summed E-state index contributed by atoms with van der Waals surface area (Å²) in [7, 11) is 1.71. The van der Waals surface area contributed by atoms with Gasteiger partial charge in [-0.1, -0.05) is 6.07 Å². The molecule has 0 saturated carbocycles.